The lowest BCUT2D eigenvalue weighted by molar-refractivity contribution is 0.102. The first-order valence-corrected chi connectivity index (χ1v) is 7.42. The molecule has 0 saturated carbocycles. The second kappa shape index (κ2) is 5.58. The number of rotatable bonds is 3. The summed E-state index contributed by atoms with van der Waals surface area (Å²) in [5.74, 6) is 0.00395. The van der Waals surface area contributed by atoms with E-state index >= 15 is 0 Å². The number of H-pyrrole nitrogens is 2. The smallest absolute Gasteiger partial charge is 0.272 e. The van der Waals surface area contributed by atoms with Crippen molar-refractivity contribution in [2.45, 2.75) is 0 Å². The van der Waals surface area contributed by atoms with Gasteiger partial charge in [-0.15, -0.1) is 0 Å². The fraction of sp³-hybridized carbons (Fsp3) is 0. The quantitative estimate of drug-likeness (QED) is 0.465. The molecule has 0 aliphatic rings. The Hall–Kier alpha value is -3.54. The number of hydrogen-bond donors (Lipinski definition) is 4. The Kier molecular flexibility index (Phi) is 3.28. The van der Waals surface area contributed by atoms with Gasteiger partial charge in [-0.05, 0) is 35.9 Å². The molecular weight excluding hydrogens is 304 g/mol. The fourth-order valence-electron chi connectivity index (χ4n) is 2.58. The summed E-state index contributed by atoms with van der Waals surface area (Å²) in [5, 5.41) is 13.1. The van der Waals surface area contributed by atoms with Crippen molar-refractivity contribution >= 4 is 22.6 Å². The van der Waals surface area contributed by atoms with E-state index in [0.29, 0.717) is 17.0 Å². The summed E-state index contributed by atoms with van der Waals surface area (Å²) in [5.41, 5.74) is 3.69. The second-order valence-electron chi connectivity index (χ2n) is 5.41. The molecule has 3 heterocycles. The van der Waals surface area contributed by atoms with Crippen molar-refractivity contribution < 1.29 is 9.90 Å². The van der Waals surface area contributed by atoms with Crippen LogP contribution in [0.4, 0.5) is 5.69 Å². The van der Waals surface area contributed by atoms with Crippen LogP contribution in [0.1, 0.15) is 10.5 Å². The van der Waals surface area contributed by atoms with Crippen molar-refractivity contribution in [3.05, 3.63) is 66.7 Å². The summed E-state index contributed by atoms with van der Waals surface area (Å²) in [6.45, 7) is 0. The number of amides is 1. The number of nitrogens with one attached hydrogen (secondary N) is 3. The molecule has 4 aromatic rings. The van der Waals surface area contributed by atoms with Crippen LogP contribution in [-0.2, 0) is 0 Å². The van der Waals surface area contributed by atoms with Crippen molar-refractivity contribution in [1.29, 1.82) is 0 Å². The van der Waals surface area contributed by atoms with Crippen LogP contribution in [0.3, 0.4) is 0 Å². The maximum atomic E-state index is 12.2. The Labute approximate surface area is 137 Å². The lowest BCUT2D eigenvalue weighted by Gasteiger charge is -2.04. The largest absolute Gasteiger partial charge is 0.508 e. The van der Waals surface area contributed by atoms with Gasteiger partial charge in [0.2, 0.25) is 0 Å². The van der Waals surface area contributed by atoms with Gasteiger partial charge in [-0.2, -0.15) is 0 Å². The molecule has 0 radical (unpaired) electrons. The predicted octanol–water partition coefficient (Wildman–Crippen LogP) is 3.52. The van der Waals surface area contributed by atoms with Crippen molar-refractivity contribution in [3.63, 3.8) is 0 Å². The average molecular weight is 318 g/mol. The number of pyridine rings is 1. The number of carbonyl (C=O) groups excluding carboxylic acids is 1. The van der Waals surface area contributed by atoms with E-state index in [9.17, 15) is 9.90 Å². The Morgan fingerprint density at radius 2 is 1.92 bits per heavy atom. The number of aromatic hydroxyl groups is 1. The fourth-order valence-corrected chi connectivity index (χ4v) is 2.58. The van der Waals surface area contributed by atoms with Gasteiger partial charge >= 0.3 is 0 Å². The lowest BCUT2D eigenvalue weighted by atomic mass is 10.1. The molecule has 6 heteroatoms. The predicted molar refractivity (Wildman–Crippen MR) is 91.9 cm³/mol. The van der Waals surface area contributed by atoms with Gasteiger partial charge in [0.25, 0.3) is 5.91 Å². The van der Waals surface area contributed by atoms with Crippen LogP contribution in [0.15, 0.2) is 61.1 Å². The molecule has 4 rings (SSSR count). The summed E-state index contributed by atoms with van der Waals surface area (Å²) in [6.07, 6.45) is 5.18. The highest BCUT2D eigenvalue weighted by molar-refractivity contribution is 6.08. The average Bonchev–Trinajstić information content (AvgIpc) is 3.25. The van der Waals surface area contributed by atoms with Crippen molar-refractivity contribution in [3.8, 4) is 16.9 Å². The van der Waals surface area contributed by atoms with E-state index < -0.39 is 0 Å². The van der Waals surface area contributed by atoms with E-state index in [2.05, 4.69) is 20.3 Å². The number of hydrogen-bond acceptors (Lipinski definition) is 3. The van der Waals surface area contributed by atoms with E-state index in [1.54, 1.807) is 42.9 Å². The molecule has 4 N–H and O–H groups in total. The van der Waals surface area contributed by atoms with Gasteiger partial charge in [0.1, 0.15) is 17.1 Å². The molecule has 118 valence electrons. The maximum absolute atomic E-state index is 12.2. The van der Waals surface area contributed by atoms with Crippen molar-refractivity contribution in [2.75, 3.05) is 5.32 Å². The molecule has 0 spiro atoms. The second-order valence-corrected chi connectivity index (χ2v) is 5.41. The molecular formula is C18H14N4O2. The zero-order valence-electron chi connectivity index (χ0n) is 12.6. The highest BCUT2D eigenvalue weighted by atomic mass is 16.3. The molecule has 24 heavy (non-hydrogen) atoms. The third kappa shape index (κ3) is 2.50. The van der Waals surface area contributed by atoms with Crippen LogP contribution >= 0.6 is 0 Å². The number of anilines is 1. The van der Waals surface area contributed by atoms with Gasteiger partial charge in [-0.3, -0.25) is 4.79 Å². The number of nitrogens with zero attached hydrogens (tertiary/aromatic N) is 1. The lowest BCUT2D eigenvalue weighted by Crippen LogP contribution is -2.11. The Morgan fingerprint density at radius 3 is 2.67 bits per heavy atom. The van der Waals surface area contributed by atoms with E-state index in [1.165, 1.54) is 0 Å². The Morgan fingerprint density at radius 1 is 1.08 bits per heavy atom. The van der Waals surface area contributed by atoms with Crippen LogP contribution in [-0.4, -0.2) is 26.0 Å². The molecule has 1 aromatic carbocycles. The minimum Gasteiger partial charge on any atom is -0.508 e. The van der Waals surface area contributed by atoms with E-state index in [1.807, 2.05) is 18.2 Å². The topological polar surface area (TPSA) is 93.8 Å². The maximum Gasteiger partial charge on any atom is 0.272 e. The third-order valence-corrected chi connectivity index (χ3v) is 3.82. The number of carbonyl (C=O) groups is 1. The minimum atomic E-state index is -0.212. The number of phenolic OH excluding ortho intramolecular Hbond substituents is 1. The normalized spacial score (nSPS) is 10.8. The number of aromatic nitrogens is 3. The monoisotopic (exact) mass is 318 g/mol. The number of benzene rings is 1. The van der Waals surface area contributed by atoms with Gasteiger partial charge in [0.05, 0.1) is 5.69 Å². The van der Waals surface area contributed by atoms with Crippen molar-refractivity contribution in [2.24, 2.45) is 0 Å². The molecule has 0 atom stereocenters. The first-order valence-electron chi connectivity index (χ1n) is 7.42. The van der Waals surface area contributed by atoms with Crippen LogP contribution in [0.5, 0.6) is 5.75 Å². The first-order chi connectivity index (χ1) is 11.7. The Balaban J connectivity index is 1.71. The summed E-state index contributed by atoms with van der Waals surface area (Å²) >= 11 is 0. The summed E-state index contributed by atoms with van der Waals surface area (Å²) in [7, 11) is 0. The molecule has 0 aliphatic carbocycles. The Bertz CT molecular complexity index is 1000. The SMILES string of the molecule is O=C(Nc1c[nH]c2ncc(-c3ccc(O)cc3)cc12)c1ccc[nH]1. The van der Waals surface area contributed by atoms with E-state index in [0.717, 1.165) is 16.5 Å². The highest BCUT2D eigenvalue weighted by Crippen LogP contribution is 2.28. The van der Waals surface area contributed by atoms with Gasteiger partial charge in [-0.25, -0.2) is 4.98 Å². The van der Waals surface area contributed by atoms with Gasteiger partial charge in [0.15, 0.2) is 0 Å². The van der Waals surface area contributed by atoms with Gasteiger partial charge in [0, 0.05) is 29.5 Å². The van der Waals surface area contributed by atoms with Crippen LogP contribution in [0.25, 0.3) is 22.2 Å². The van der Waals surface area contributed by atoms with E-state index in [4.69, 9.17) is 0 Å². The van der Waals surface area contributed by atoms with Gasteiger partial charge < -0.3 is 20.4 Å². The summed E-state index contributed by atoms with van der Waals surface area (Å²) in [4.78, 5) is 22.5. The number of fused-ring (bicyclic) bond motifs is 1. The zero-order valence-corrected chi connectivity index (χ0v) is 12.6. The first kappa shape index (κ1) is 14.1. The minimum absolute atomic E-state index is 0.212. The standard InChI is InChI=1S/C18H14N4O2/c23-13-5-3-11(4-6-13)12-8-14-16(10-21-17(14)20-9-12)22-18(24)15-2-1-7-19-15/h1-10,19,23H,(H,20,21)(H,22,24). The summed E-state index contributed by atoms with van der Waals surface area (Å²) < 4.78 is 0. The third-order valence-electron chi connectivity index (χ3n) is 3.82. The molecule has 0 aliphatic heterocycles. The molecule has 3 aromatic heterocycles. The molecule has 0 unspecified atom stereocenters. The van der Waals surface area contributed by atoms with Gasteiger partial charge in [-0.1, -0.05) is 12.1 Å². The molecule has 6 nitrogen and oxygen atoms in total. The zero-order chi connectivity index (χ0) is 16.5. The van der Waals surface area contributed by atoms with Crippen LogP contribution in [0, 0.1) is 0 Å². The molecule has 1 amide bonds. The molecule has 0 fully saturated rings. The molecule has 0 saturated heterocycles. The summed E-state index contributed by atoms with van der Waals surface area (Å²) in [6, 6.07) is 12.3. The van der Waals surface area contributed by atoms with Crippen molar-refractivity contribution in [1.82, 2.24) is 15.0 Å². The van der Waals surface area contributed by atoms with Crippen LogP contribution < -0.4 is 5.32 Å². The number of aromatic amines is 2. The number of phenols is 1. The molecule has 0 bridgehead atoms. The van der Waals surface area contributed by atoms with Crippen LogP contribution in [0.2, 0.25) is 0 Å². The van der Waals surface area contributed by atoms with E-state index in [-0.39, 0.29) is 11.7 Å². The highest BCUT2D eigenvalue weighted by Gasteiger charge is 2.12.